The Morgan fingerprint density at radius 1 is 1.07 bits per heavy atom. The molecule has 3 heterocycles. The Kier molecular flexibility index (Phi) is 3.20. The molecule has 0 amide bonds. The number of hydrogen-bond donors (Lipinski definition) is 2. The second-order valence-corrected chi connectivity index (χ2v) is 7.35. The lowest BCUT2D eigenvalue weighted by molar-refractivity contribution is 0.517. The fourth-order valence-electron chi connectivity index (χ4n) is 3.82. The number of benzene rings is 2. The van der Waals surface area contributed by atoms with Crippen LogP contribution >= 0.6 is 0 Å². The average molecular weight is 384 g/mol. The van der Waals surface area contributed by atoms with Gasteiger partial charge in [-0.1, -0.05) is 6.07 Å². The van der Waals surface area contributed by atoms with E-state index in [9.17, 15) is 4.39 Å². The molecule has 142 valence electrons. The molecule has 2 N–H and O–H groups in total. The van der Waals surface area contributed by atoms with Gasteiger partial charge < -0.3 is 5.32 Å². The lowest BCUT2D eigenvalue weighted by Gasteiger charge is -2.34. The van der Waals surface area contributed by atoms with Gasteiger partial charge in [-0.15, -0.1) is 10.2 Å². The quantitative estimate of drug-likeness (QED) is 0.516. The number of aromatic nitrogens is 5. The van der Waals surface area contributed by atoms with Gasteiger partial charge in [0.15, 0.2) is 11.6 Å². The van der Waals surface area contributed by atoms with E-state index in [-0.39, 0.29) is 22.3 Å². The van der Waals surface area contributed by atoms with Crippen molar-refractivity contribution in [2.24, 2.45) is 0 Å². The number of aryl methyl sites for hydroxylation is 1. The molecular formula is C19H15F3N6. The molecule has 28 heavy (non-hydrogen) atoms. The molecule has 2 aromatic carbocycles. The summed E-state index contributed by atoms with van der Waals surface area (Å²) in [6.45, 7) is 5.42. The van der Waals surface area contributed by atoms with Crippen molar-refractivity contribution in [2.45, 2.75) is 26.3 Å². The molecule has 1 aliphatic rings. The van der Waals surface area contributed by atoms with E-state index < -0.39 is 23.0 Å². The SMILES string of the molecule is Cc1nnc2n1-c1c(cc(F)c(-c3ccc(F)c4[nH]ncc34)c1F)NC2(C)C. The maximum atomic E-state index is 15.7. The maximum Gasteiger partial charge on any atom is 0.162 e. The van der Waals surface area contributed by atoms with Crippen molar-refractivity contribution < 1.29 is 13.2 Å². The smallest absolute Gasteiger partial charge is 0.162 e. The molecule has 2 aromatic heterocycles. The summed E-state index contributed by atoms with van der Waals surface area (Å²) in [5, 5.41) is 18.0. The predicted octanol–water partition coefficient (Wildman–Crippen LogP) is 4.20. The monoisotopic (exact) mass is 384 g/mol. The van der Waals surface area contributed by atoms with E-state index in [0.717, 1.165) is 6.07 Å². The van der Waals surface area contributed by atoms with Crippen LogP contribution < -0.4 is 5.32 Å². The van der Waals surface area contributed by atoms with Crippen LogP contribution in [0.3, 0.4) is 0 Å². The molecular weight excluding hydrogens is 369 g/mol. The summed E-state index contributed by atoms with van der Waals surface area (Å²) in [4.78, 5) is 0. The first-order valence-electron chi connectivity index (χ1n) is 8.64. The van der Waals surface area contributed by atoms with Crippen LogP contribution in [0, 0.1) is 24.4 Å². The Labute approximate surface area is 157 Å². The first kappa shape index (κ1) is 16.8. The molecule has 0 saturated heterocycles. The van der Waals surface area contributed by atoms with Gasteiger partial charge in [-0.3, -0.25) is 9.67 Å². The molecule has 0 radical (unpaired) electrons. The second kappa shape index (κ2) is 5.34. The fourth-order valence-corrected chi connectivity index (χ4v) is 3.82. The average Bonchev–Trinajstić information content (AvgIpc) is 3.25. The summed E-state index contributed by atoms with van der Waals surface area (Å²) >= 11 is 0. The van der Waals surface area contributed by atoms with Crippen LogP contribution in [-0.4, -0.2) is 25.0 Å². The van der Waals surface area contributed by atoms with Crippen molar-refractivity contribution in [2.75, 3.05) is 5.32 Å². The van der Waals surface area contributed by atoms with E-state index >= 15 is 8.78 Å². The Morgan fingerprint density at radius 3 is 2.64 bits per heavy atom. The van der Waals surface area contributed by atoms with Crippen molar-refractivity contribution in [3.8, 4) is 16.8 Å². The molecule has 0 atom stereocenters. The minimum atomic E-state index is -0.781. The van der Waals surface area contributed by atoms with Crippen molar-refractivity contribution in [3.05, 3.63) is 53.5 Å². The van der Waals surface area contributed by atoms with E-state index in [2.05, 4.69) is 25.7 Å². The third-order valence-electron chi connectivity index (χ3n) is 5.08. The number of nitrogens with zero attached hydrogens (tertiary/aromatic N) is 4. The van der Waals surface area contributed by atoms with Gasteiger partial charge in [0, 0.05) is 11.5 Å². The van der Waals surface area contributed by atoms with Gasteiger partial charge in [0.2, 0.25) is 0 Å². The molecule has 0 bridgehead atoms. The van der Waals surface area contributed by atoms with Crippen molar-refractivity contribution >= 4 is 16.6 Å². The maximum absolute atomic E-state index is 15.7. The molecule has 9 heteroatoms. The number of rotatable bonds is 1. The lowest BCUT2D eigenvalue weighted by atomic mass is 9.95. The summed E-state index contributed by atoms with van der Waals surface area (Å²) in [5.74, 6) is -1.09. The first-order valence-corrected chi connectivity index (χ1v) is 8.64. The topological polar surface area (TPSA) is 71.4 Å². The number of fused-ring (bicyclic) bond motifs is 4. The normalized spacial score (nSPS) is 14.6. The number of anilines is 1. The lowest BCUT2D eigenvalue weighted by Crippen LogP contribution is -2.36. The predicted molar refractivity (Wildman–Crippen MR) is 97.7 cm³/mol. The first-order chi connectivity index (χ1) is 13.3. The Morgan fingerprint density at radius 2 is 1.86 bits per heavy atom. The van der Waals surface area contributed by atoms with Crippen LogP contribution in [0.25, 0.3) is 27.7 Å². The molecule has 5 rings (SSSR count). The zero-order valence-corrected chi connectivity index (χ0v) is 15.2. The van der Waals surface area contributed by atoms with Gasteiger partial charge in [0.1, 0.15) is 28.7 Å². The molecule has 4 aromatic rings. The molecule has 1 aliphatic heterocycles. The van der Waals surface area contributed by atoms with Gasteiger partial charge in [0.05, 0.1) is 23.0 Å². The van der Waals surface area contributed by atoms with Crippen molar-refractivity contribution in [1.29, 1.82) is 0 Å². The van der Waals surface area contributed by atoms with Crippen LogP contribution in [0.4, 0.5) is 18.9 Å². The van der Waals surface area contributed by atoms with E-state index in [1.54, 1.807) is 11.5 Å². The van der Waals surface area contributed by atoms with Crippen molar-refractivity contribution in [1.82, 2.24) is 25.0 Å². The number of nitrogens with one attached hydrogen (secondary N) is 2. The molecule has 0 saturated carbocycles. The van der Waals surface area contributed by atoms with Crippen LogP contribution in [0.15, 0.2) is 24.4 Å². The minimum absolute atomic E-state index is 0.0921. The highest BCUT2D eigenvalue weighted by molar-refractivity contribution is 5.96. The van der Waals surface area contributed by atoms with E-state index in [1.165, 1.54) is 18.3 Å². The summed E-state index contributed by atoms with van der Waals surface area (Å²) in [5.41, 5.74) is -0.193. The highest BCUT2D eigenvalue weighted by atomic mass is 19.1. The van der Waals surface area contributed by atoms with Crippen LogP contribution in [0.5, 0.6) is 0 Å². The van der Waals surface area contributed by atoms with E-state index in [4.69, 9.17) is 0 Å². The van der Waals surface area contributed by atoms with E-state index in [0.29, 0.717) is 22.7 Å². The van der Waals surface area contributed by atoms with Crippen LogP contribution in [0.1, 0.15) is 25.5 Å². The fraction of sp³-hybridized carbons (Fsp3) is 0.211. The number of H-pyrrole nitrogens is 1. The molecule has 0 spiro atoms. The Bertz CT molecular complexity index is 1270. The summed E-state index contributed by atoms with van der Waals surface area (Å²) in [7, 11) is 0. The van der Waals surface area contributed by atoms with E-state index in [1.807, 2.05) is 13.8 Å². The number of halogens is 3. The molecule has 0 fully saturated rings. The summed E-state index contributed by atoms with van der Waals surface area (Å²) in [6, 6.07) is 3.75. The highest BCUT2D eigenvalue weighted by Gasteiger charge is 2.37. The van der Waals surface area contributed by atoms with Gasteiger partial charge in [-0.05, 0) is 32.4 Å². The summed E-state index contributed by atoms with van der Waals surface area (Å²) < 4.78 is 46.4. The Hall–Kier alpha value is -3.36. The van der Waals surface area contributed by atoms with Gasteiger partial charge in [-0.2, -0.15) is 5.10 Å². The minimum Gasteiger partial charge on any atom is -0.371 e. The second-order valence-electron chi connectivity index (χ2n) is 7.35. The third kappa shape index (κ3) is 2.07. The molecule has 6 nitrogen and oxygen atoms in total. The number of aromatic amines is 1. The summed E-state index contributed by atoms with van der Waals surface area (Å²) in [6.07, 6.45) is 1.35. The highest BCUT2D eigenvalue weighted by Crippen LogP contribution is 2.43. The van der Waals surface area contributed by atoms with Crippen LogP contribution in [-0.2, 0) is 5.54 Å². The van der Waals surface area contributed by atoms with Gasteiger partial charge >= 0.3 is 0 Å². The standard InChI is InChI=1S/C19H15F3N6/c1-8-25-27-18-19(2,3)24-13-6-12(21)14(15(22)17(13)28(8)18)9-4-5-11(20)16-10(9)7-23-26-16/h4-7,24H,1-3H3,(H,23,26). The van der Waals surface area contributed by atoms with Crippen LogP contribution in [0.2, 0.25) is 0 Å². The van der Waals surface area contributed by atoms with Gasteiger partial charge in [-0.25, -0.2) is 13.2 Å². The third-order valence-corrected chi connectivity index (χ3v) is 5.08. The largest absolute Gasteiger partial charge is 0.371 e. The number of hydrogen-bond acceptors (Lipinski definition) is 4. The molecule has 0 aliphatic carbocycles. The Balaban J connectivity index is 1.86. The molecule has 0 unspecified atom stereocenters. The zero-order chi connectivity index (χ0) is 19.8. The van der Waals surface area contributed by atoms with Crippen molar-refractivity contribution in [3.63, 3.8) is 0 Å². The zero-order valence-electron chi connectivity index (χ0n) is 15.2. The van der Waals surface area contributed by atoms with Gasteiger partial charge in [0.25, 0.3) is 0 Å².